The van der Waals surface area contributed by atoms with E-state index in [-0.39, 0.29) is 0 Å². The van der Waals surface area contributed by atoms with Gasteiger partial charge in [0.2, 0.25) is 0 Å². The fourth-order valence-corrected chi connectivity index (χ4v) is 2.46. The predicted molar refractivity (Wildman–Crippen MR) is 89.1 cm³/mol. The maximum Gasteiger partial charge on any atom is 0.0289 e. The molecule has 20 heavy (non-hydrogen) atoms. The van der Waals surface area contributed by atoms with Crippen molar-refractivity contribution in [3.05, 3.63) is 83.4 Å². The highest BCUT2D eigenvalue weighted by molar-refractivity contribution is 7.79. The molecule has 0 nitrogen and oxygen atoms in total. The molecular formula is C19H14S. The first kappa shape index (κ1) is 12.8. The molecule has 96 valence electrons. The second-order valence-electron chi connectivity index (χ2n) is 4.63. The van der Waals surface area contributed by atoms with E-state index in [4.69, 9.17) is 0 Å². The second kappa shape index (κ2) is 5.86. The van der Waals surface area contributed by atoms with Crippen LogP contribution in [0.4, 0.5) is 0 Å². The summed E-state index contributed by atoms with van der Waals surface area (Å²) in [6.45, 7) is 0. The van der Waals surface area contributed by atoms with Gasteiger partial charge in [0.05, 0.1) is 0 Å². The molecular weight excluding hydrogens is 260 g/mol. The first-order chi connectivity index (χ1) is 9.86. The van der Waals surface area contributed by atoms with Crippen LogP contribution in [0.1, 0.15) is 16.7 Å². The molecule has 0 amide bonds. The fourth-order valence-electron chi connectivity index (χ4n) is 2.19. The molecule has 0 spiro atoms. The lowest BCUT2D eigenvalue weighted by atomic mass is 10.1. The third kappa shape index (κ3) is 2.71. The number of fused-ring (bicyclic) bond motifs is 1. The van der Waals surface area contributed by atoms with Crippen LogP contribution < -0.4 is 0 Å². The quantitative estimate of drug-likeness (QED) is 0.484. The van der Waals surface area contributed by atoms with Crippen LogP contribution in [0, 0.1) is 11.8 Å². The zero-order valence-corrected chi connectivity index (χ0v) is 11.9. The van der Waals surface area contributed by atoms with Crippen LogP contribution in [0.2, 0.25) is 0 Å². The van der Waals surface area contributed by atoms with Crippen LogP contribution in [-0.2, 0) is 5.75 Å². The minimum atomic E-state index is 0.711. The van der Waals surface area contributed by atoms with Gasteiger partial charge in [-0.05, 0) is 34.5 Å². The number of hydrogen-bond donors (Lipinski definition) is 1. The van der Waals surface area contributed by atoms with Gasteiger partial charge in [0.15, 0.2) is 0 Å². The first-order valence-electron chi connectivity index (χ1n) is 6.56. The summed E-state index contributed by atoms with van der Waals surface area (Å²) in [5, 5.41) is 2.47. The number of rotatable bonds is 1. The molecule has 3 aromatic rings. The summed E-state index contributed by atoms with van der Waals surface area (Å²) in [6.07, 6.45) is 0. The third-order valence-electron chi connectivity index (χ3n) is 3.28. The van der Waals surface area contributed by atoms with Crippen LogP contribution in [-0.4, -0.2) is 0 Å². The Morgan fingerprint density at radius 2 is 1.50 bits per heavy atom. The molecule has 0 atom stereocenters. The highest BCUT2D eigenvalue weighted by Crippen LogP contribution is 2.15. The van der Waals surface area contributed by atoms with Gasteiger partial charge in [0.25, 0.3) is 0 Å². The van der Waals surface area contributed by atoms with Crippen LogP contribution in [0.3, 0.4) is 0 Å². The molecule has 0 N–H and O–H groups in total. The molecule has 3 rings (SSSR count). The van der Waals surface area contributed by atoms with Crippen LogP contribution >= 0.6 is 12.6 Å². The highest BCUT2D eigenvalue weighted by Gasteiger charge is 1.96. The molecule has 0 aliphatic carbocycles. The number of thiol groups is 1. The Labute approximate surface area is 124 Å². The van der Waals surface area contributed by atoms with E-state index in [0.717, 1.165) is 11.1 Å². The monoisotopic (exact) mass is 274 g/mol. The van der Waals surface area contributed by atoms with Crippen LogP contribution in [0.15, 0.2) is 66.7 Å². The van der Waals surface area contributed by atoms with E-state index in [1.807, 2.05) is 18.2 Å². The van der Waals surface area contributed by atoms with Crippen molar-refractivity contribution in [3.63, 3.8) is 0 Å². The van der Waals surface area contributed by atoms with Gasteiger partial charge >= 0.3 is 0 Å². The molecule has 0 aliphatic heterocycles. The standard InChI is InChI=1S/C19H14S/c20-14-19-8-4-2-6-17(19)12-10-15-9-11-16-5-1-3-7-18(16)13-15/h1-9,11,13,20H,14H2. The maximum absolute atomic E-state index is 4.34. The maximum atomic E-state index is 4.34. The summed E-state index contributed by atoms with van der Waals surface area (Å²) in [4.78, 5) is 0. The van der Waals surface area contributed by atoms with Gasteiger partial charge in [-0.1, -0.05) is 60.4 Å². The van der Waals surface area contributed by atoms with E-state index >= 15 is 0 Å². The van der Waals surface area contributed by atoms with Crippen LogP contribution in [0.5, 0.6) is 0 Å². The number of hydrogen-bond acceptors (Lipinski definition) is 1. The summed E-state index contributed by atoms with van der Waals surface area (Å²) >= 11 is 4.34. The normalized spacial score (nSPS) is 10.1. The predicted octanol–water partition coefficient (Wildman–Crippen LogP) is 4.67. The Morgan fingerprint density at radius 1 is 0.750 bits per heavy atom. The van der Waals surface area contributed by atoms with Gasteiger partial charge in [-0.25, -0.2) is 0 Å². The van der Waals surface area contributed by atoms with Crippen LogP contribution in [0.25, 0.3) is 10.8 Å². The van der Waals surface area contributed by atoms with Crippen molar-refractivity contribution in [2.24, 2.45) is 0 Å². The molecule has 0 saturated carbocycles. The van der Waals surface area contributed by atoms with Gasteiger partial charge in [-0.15, -0.1) is 0 Å². The highest BCUT2D eigenvalue weighted by atomic mass is 32.1. The van der Waals surface area contributed by atoms with Crippen molar-refractivity contribution in [2.45, 2.75) is 5.75 Å². The van der Waals surface area contributed by atoms with Crippen molar-refractivity contribution in [1.29, 1.82) is 0 Å². The summed E-state index contributed by atoms with van der Waals surface area (Å²) in [6, 6.07) is 22.8. The first-order valence-corrected chi connectivity index (χ1v) is 7.19. The van der Waals surface area contributed by atoms with Crippen molar-refractivity contribution >= 4 is 23.4 Å². The molecule has 0 aromatic heterocycles. The molecule has 0 radical (unpaired) electrons. The Morgan fingerprint density at radius 3 is 2.35 bits per heavy atom. The largest absolute Gasteiger partial charge is 0.175 e. The number of benzene rings is 3. The van der Waals surface area contributed by atoms with Gasteiger partial charge < -0.3 is 0 Å². The molecule has 3 aromatic carbocycles. The summed E-state index contributed by atoms with van der Waals surface area (Å²) in [5.74, 6) is 7.20. The van der Waals surface area contributed by atoms with Crippen molar-refractivity contribution < 1.29 is 0 Å². The van der Waals surface area contributed by atoms with Gasteiger partial charge in [0, 0.05) is 16.9 Å². The summed E-state index contributed by atoms with van der Waals surface area (Å²) in [7, 11) is 0. The SMILES string of the molecule is SCc1ccccc1C#Cc1ccc2ccccc2c1. The fraction of sp³-hybridized carbons (Fsp3) is 0.0526. The molecule has 0 heterocycles. The lowest BCUT2D eigenvalue weighted by Crippen LogP contribution is -1.84. The van der Waals surface area contributed by atoms with Crippen molar-refractivity contribution in [3.8, 4) is 11.8 Å². The van der Waals surface area contributed by atoms with Crippen molar-refractivity contribution in [1.82, 2.24) is 0 Å². The minimum absolute atomic E-state index is 0.711. The average Bonchev–Trinajstić information content (AvgIpc) is 2.53. The smallest absolute Gasteiger partial charge is 0.0289 e. The summed E-state index contributed by atoms with van der Waals surface area (Å²) < 4.78 is 0. The van der Waals surface area contributed by atoms with Crippen molar-refractivity contribution in [2.75, 3.05) is 0 Å². The Bertz CT molecular complexity index is 806. The van der Waals surface area contributed by atoms with Gasteiger partial charge in [-0.2, -0.15) is 12.6 Å². The molecule has 0 unspecified atom stereocenters. The minimum Gasteiger partial charge on any atom is -0.175 e. The second-order valence-corrected chi connectivity index (χ2v) is 4.94. The van der Waals surface area contributed by atoms with Gasteiger partial charge in [-0.3, -0.25) is 0 Å². The zero-order valence-electron chi connectivity index (χ0n) is 11.0. The molecule has 0 bridgehead atoms. The van der Waals surface area contributed by atoms with Gasteiger partial charge in [0.1, 0.15) is 0 Å². The average molecular weight is 274 g/mol. The Kier molecular flexibility index (Phi) is 3.76. The molecule has 1 heteroatoms. The summed E-state index contributed by atoms with van der Waals surface area (Å²) in [5.41, 5.74) is 3.26. The Hall–Kier alpha value is -2.17. The topological polar surface area (TPSA) is 0 Å². The van der Waals surface area contributed by atoms with E-state index in [2.05, 4.69) is 73.0 Å². The molecule has 0 aliphatic rings. The van der Waals surface area contributed by atoms with E-state index in [1.54, 1.807) is 0 Å². The lowest BCUT2D eigenvalue weighted by Gasteiger charge is -1.99. The van der Waals surface area contributed by atoms with E-state index in [1.165, 1.54) is 16.3 Å². The molecule has 0 fully saturated rings. The lowest BCUT2D eigenvalue weighted by molar-refractivity contribution is 1.40. The zero-order chi connectivity index (χ0) is 13.8. The van der Waals surface area contributed by atoms with E-state index in [9.17, 15) is 0 Å². The molecule has 0 saturated heterocycles. The van der Waals surface area contributed by atoms with E-state index in [0.29, 0.717) is 5.75 Å². The van der Waals surface area contributed by atoms with E-state index < -0.39 is 0 Å². The Balaban J connectivity index is 1.99. The third-order valence-corrected chi connectivity index (χ3v) is 3.62.